The number of carbonyl (C=O) groups excluding carboxylic acids is 3. The van der Waals surface area contributed by atoms with Crippen molar-refractivity contribution in [2.45, 2.75) is 25.3 Å². The van der Waals surface area contributed by atoms with Crippen LogP contribution in [-0.4, -0.2) is 42.9 Å². The molecule has 0 N–H and O–H groups in total. The normalized spacial score (nSPS) is 17.7. The largest absolute Gasteiger partial charge is 0.497 e. The van der Waals surface area contributed by atoms with E-state index in [2.05, 4.69) is 4.74 Å². The fraction of sp³-hybridized carbons (Fsp3) is 0.400. The van der Waals surface area contributed by atoms with Crippen molar-refractivity contribution < 1.29 is 23.9 Å². The summed E-state index contributed by atoms with van der Waals surface area (Å²) < 4.78 is 9.69. The van der Waals surface area contributed by atoms with Crippen molar-refractivity contribution in [3.05, 3.63) is 29.8 Å². The first-order valence-electron chi connectivity index (χ1n) is 6.62. The number of imide groups is 1. The first kappa shape index (κ1) is 15.0. The summed E-state index contributed by atoms with van der Waals surface area (Å²) in [5.41, 5.74) is 0.754. The van der Waals surface area contributed by atoms with Gasteiger partial charge >= 0.3 is 5.97 Å². The molecule has 21 heavy (non-hydrogen) atoms. The summed E-state index contributed by atoms with van der Waals surface area (Å²) in [5, 5.41) is 0. The lowest BCUT2D eigenvalue weighted by atomic mass is 10.1. The number of ether oxygens (including phenoxy) is 2. The number of hydrogen-bond acceptors (Lipinski definition) is 5. The molecule has 1 aliphatic heterocycles. The highest BCUT2D eigenvalue weighted by Crippen LogP contribution is 2.21. The molecule has 0 radical (unpaired) electrons. The van der Waals surface area contributed by atoms with E-state index in [1.165, 1.54) is 7.11 Å². The molecule has 112 valence electrons. The van der Waals surface area contributed by atoms with Crippen molar-refractivity contribution in [3.8, 4) is 5.75 Å². The standard InChI is InChI=1S/C15H17NO5/c1-20-11-5-3-10(4-6-11)9-14(18)16-12(15(19)21-2)7-8-13(16)17/h3-6,12H,7-9H2,1-2H3. The molecule has 2 amide bonds. The number of amides is 2. The van der Waals surface area contributed by atoms with Gasteiger partial charge in [-0.2, -0.15) is 0 Å². The molecular formula is C15H17NO5. The summed E-state index contributed by atoms with van der Waals surface area (Å²) in [4.78, 5) is 36.7. The molecular weight excluding hydrogens is 274 g/mol. The highest BCUT2D eigenvalue weighted by molar-refractivity contribution is 6.02. The number of hydrogen-bond donors (Lipinski definition) is 0. The zero-order valence-electron chi connectivity index (χ0n) is 12.0. The molecule has 0 aliphatic carbocycles. The molecule has 1 saturated heterocycles. The van der Waals surface area contributed by atoms with E-state index in [1.807, 2.05) is 0 Å². The zero-order chi connectivity index (χ0) is 15.4. The minimum atomic E-state index is -0.798. The van der Waals surface area contributed by atoms with Crippen molar-refractivity contribution in [1.82, 2.24) is 4.90 Å². The predicted molar refractivity (Wildman–Crippen MR) is 73.6 cm³/mol. The molecule has 1 fully saturated rings. The quantitative estimate of drug-likeness (QED) is 0.772. The number of likely N-dealkylation sites (tertiary alicyclic amines) is 1. The summed E-state index contributed by atoms with van der Waals surface area (Å²) in [6.45, 7) is 0. The number of esters is 1. The zero-order valence-corrected chi connectivity index (χ0v) is 12.0. The monoisotopic (exact) mass is 291 g/mol. The number of methoxy groups -OCH3 is 2. The maximum Gasteiger partial charge on any atom is 0.329 e. The Kier molecular flexibility index (Phi) is 4.57. The van der Waals surface area contributed by atoms with Gasteiger partial charge in [0.2, 0.25) is 11.8 Å². The summed E-state index contributed by atoms with van der Waals surface area (Å²) >= 11 is 0. The maximum atomic E-state index is 12.3. The average molecular weight is 291 g/mol. The molecule has 1 heterocycles. The Labute approximate surface area is 122 Å². The first-order chi connectivity index (χ1) is 10.1. The van der Waals surface area contributed by atoms with Crippen molar-refractivity contribution in [2.75, 3.05) is 14.2 Å². The van der Waals surface area contributed by atoms with Gasteiger partial charge in [0.25, 0.3) is 0 Å². The van der Waals surface area contributed by atoms with Gasteiger partial charge in [-0.15, -0.1) is 0 Å². The average Bonchev–Trinajstić information content (AvgIpc) is 2.89. The van der Waals surface area contributed by atoms with Gasteiger partial charge in [0.1, 0.15) is 11.8 Å². The van der Waals surface area contributed by atoms with Crippen LogP contribution < -0.4 is 4.74 Å². The fourth-order valence-electron chi connectivity index (χ4n) is 2.36. The Balaban J connectivity index is 2.10. The Hall–Kier alpha value is -2.37. The smallest absolute Gasteiger partial charge is 0.329 e. The van der Waals surface area contributed by atoms with Crippen LogP contribution >= 0.6 is 0 Å². The summed E-state index contributed by atoms with van der Waals surface area (Å²) in [5.74, 6) is -0.582. The van der Waals surface area contributed by atoms with E-state index >= 15 is 0 Å². The van der Waals surface area contributed by atoms with Crippen molar-refractivity contribution >= 4 is 17.8 Å². The maximum absolute atomic E-state index is 12.3. The van der Waals surface area contributed by atoms with Crippen LogP contribution in [0.2, 0.25) is 0 Å². The van der Waals surface area contributed by atoms with Crippen LogP contribution in [-0.2, 0) is 25.5 Å². The molecule has 0 aromatic heterocycles. The van der Waals surface area contributed by atoms with Crippen LogP contribution in [0.4, 0.5) is 0 Å². The molecule has 0 bridgehead atoms. The topological polar surface area (TPSA) is 72.9 Å². The second-order valence-electron chi connectivity index (χ2n) is 4.76. The van der Waals surface area contributed by atoms with E-state index in [-0.39, 0.29) is 18.7 Å². The van der Waals surface area contributed by atoms with Crippen molar-refractivity contribution in [1.29, 1.82) is 0 Å². The Morgan fingerprint density at radius 3 is 2.48 bits per heavy atom. The molecule has 1 aromatic rings. The van der Waals surface area contributed by atoms with E-state index in [1.54, 1.807) is 31.4 Å². The number of nitrogens with zero attached hydrogens (tertiary/aromatic N) is 1. The molecule has 0 spiro atoms. The summed E-state index contributed by atoms with van der Waals surface area (Å²) in [7, 11) is 2.81. The minimum absolute atomic E-state index is 0.0588. The van der Waals surface area contributed by atoms with Gasteiger partial charge in [-0.05, 0) is 24.1 Å². The Morgan fingerprint density at radius 1 is 1.24 bits per heavy atom. The van der Waals surface area contributed by atoms with Gasteiger partial charge in [-0.1, -0.05) is 12.1 Å². The van der Waals surface area contributed by atoms with Crippen LogP contribution in [0.5, 0.6) is 5.75 Å². The molecule has 2 rings (SSSR count). The number of carbonyl (C=O) groups is 3. The van der Waals surface area contributed by atoms with Gasteiger partial charge in [0, 0.05) is 6.42 Å². The van der Waals surface area contributed by atoms with Gasteiger partial charge in [0.05, 0.1) is 20.6 Å². The van der Waals surface area contributed by atoms with Crippen molar-refractivity contribution in [2.24, 2.45) is 0 Å². The molecule has 1 aromatic carbocycles. The van der Waals surface area contributed by atoms with E-state index < -0.39 is 17.9 Å². The van der Waals surface area contributed by atoms with E-state index in [4.69, 9.17) is 4.74 Å². The molecule has 1 aliphatic rings. The molecule has 6 nitrogen and oxygen atoms in total. The number of rotatable bonds is 4. The lowest BCUT2D eigenvalue weighted by molar-refractivity contribution is -0.155. The van der Waals surface area contributed by atoms with E-state index in [0.717, 1.165) is 10.5 Å². The lowest BCUT2D eigenvalue weighted by Crippen LogP contribution is -2.44. The van der Waals surface area contributed by atoms with Crippen LogP contribution in [0.1, 0.15) is 18.4 Å². The van der Waals surface area contributed by atoms with Crippen LogP contribution in [0.15, 0.2) is 24.3 Å². The predicted octanol–water partition coefficient (Wildman–Crippen LogP) is 0.928. The highest BCUT2D eigenvalue weighted by Gasteiger charge is 2.40. The Morgan fingerprint density at radius 2 is 1.90 bits per heavy atom. The minimum Gasteiger partial charge on any atom is -0.497 e. The second kappa shape index (κ2) is 6.39. The van der Waals surface area contributed by atoms with Gasteiger partial charge in [-0.25, -0.2) is 4.79 Å². The fourth-order valence-corrected chi connectivity index (χ4v) is 2.36. The third kappa shape index (κ3) is 3.21. The van der Waals surface area contributed by atoms with E-state index in [9.17, 15) is 14.4 Å². The Bertz CT molecular complexity index is 552. The van der Waals surface area contributed by atoms with Crippen LogP contribution in [0.3, 0.4) is 0 Å². The van der Waals surface area contributed by atoms with Gasteiger partial charge < -0.3 is 9.47 Å². The van der Waals surface area contributed by atoms with Gasteiger partial charge in [-0.3, -0.25) is 14.5 Å². The first-order valence-corrected chi connectivity index (χ1v) is 6.62. The van der Waals surface area contributed by atoms with Crippen LogP contribution in [0, 0.1) is 0 Å². The second-order valence-corrected chi connectivity index (χ2v) is 4.76. The summed E-state index contributed by atoms with van der Waals surface area (Å²) in [6.07, 6.45) is 0.567. The third-order valence-electron chi connectivity index (χ3n) is 3.47. The molecule has 0 saturated carbocycles. The SMILES string of the molecule is COC(=O)C1CCC(=O)N1C(=O)Cc1ccc(OC)cc1. The number of benzene rings is 1. The van der Waals surface area contributed by atoms with Crippen LogP contribution in [0.25, 0.3) is 0 Å². The highest BCUT2D eigenvalue weighted by atomic mass is 16.5. The molecule has 6 heteroatoms. The lowest BCUT2D eigenvalue weighted by Gasteiger charge is -2.20. The molecule has 1 unspecified atom stereocenters. The van der Waals surface area contributed by atoms with E-state index in [0.29, 0.717) is 12.2 Å². The van der Waals surface area contributed by atoms with Crippen molar-refractivity contribution in [3.63, 3.8) is 0 Å². The summed E-state index contributed by atoms with van der Waals surface area (Å²) in [6, 6.07) is 6.20. The third-order valence-corrected chi connectivity index (χ3v) is 3.47. The van der Waals surface area contributed by atoms with Gasteiger partial charge in [0.15, 0.2) is 0 Å². The molecule has 1 atom stereocenters.